The smallest absolute Gasteiger partial charge is 0.197 e. The van der Waals surface area contributed by atoms with Gasteiger partial charge in [0.1, 0.15) is 11.5 Å². The van der Waals surface area contributed by atoms with E-state index in [0.29, 0.717) is 0 Å². The number of aromatic amines is 1. The largest absolute Gasteiger partial charge is 0.354 e. The molecule has 3 N–H and O–H groups in total. The number of H-pyrrole nitrogens is 1. The first-order valence-corrected chi connectivity index (χ1v) is 5.99. The molecule has 2 aromatic rings. The molecule has 0 saturated heterocycles. The summed E-state index contributed by atoms with van der Waals surface area (Å²) in [6.07, 6.45) is 1.69. The Balaban J connectivity index is 1.88. The first-order valence-electron chi connectivity index (χ1n) is 5.99. The minimum atomic E-state index is 0.799. The van der Waals surface area contributed by atoms with E-state index in [9.17, 15) is 0 Å². The van der Waals surface area contributed by atoms with E-state index in [-0.39, 0.29) is 0 Å². The third kappa shape index (κ3) is 2.07. The second kappa shape index (κ2) is 4.52. The van der Waals surface area contributed by atoms with Crippen LogP contribution in [0.25, 0.3) is 11.3 Å². The van der Waals surface area contributed by atoms with Gasteiger partial charge in [-0.3, -0.25) is 4.99 Å². The average molecular weight is 241 g/mol. The maximum Gasteiger partial charge on any atom is 0.197 e. The molecule has 0 amide bonds. The van der Waals surface area contributed by atoms with Crippen molar-refractivity contribution >= 4 is 11.8 Å². The van der Waals surface area contributed by atoms with E-state index in [1.807, 2.05) is 0 Å². The quantitative estimate of drug-likeness (QED) is 0.750. The molecule has 0 atom stereocenters. The van der Waals surface area contributed by atoms with Crippen molar-refractivity contribution in [3.05, 3.63) is 36.2 Å². The summed E-state index contributed by atoms with van der Waals surface area (Å²) in [5.74, 6) is 1.67. The summed E-state index contributed by atoms with van der Waals surface area (Å²) in [5, 5.41) is 6.40. The normalized spacial score (nSPS) is 14.2. The van der Waals surface area contributed by atoms with Crippen LogP contribution in [0.5, 0.6) is 0 Å². The second-order valence-electron chi connectivity index (χ2n) is 4.27. The van der Waals surface area contributed by atoms with Gasteiger partial charge in [-0.05, 0) is 6.92 Å². The first-order chi connectivity index (χ1) is 8.83. The van der Waals surface area contributed by atoms with Crippen molar-refractivity contribution < 1.29 is 0 Å². The molecule has 0 spiro atoms. The molecule has 18 heavy (non-hydrogen) atoms. The fraction of sp³-hybridized carbons (Fsp3) is 0.231. The minimum Gasteiger partial charge on any atom is -0.354 e. The molecule has 0 unspecified atom stereocenters. The summed E-state index contributed by atoms with van der Waals surface area (Å²) in [4.78, 5) is 11.8. The molecule has 0 bridgehead atoms. The number of aryl methyl sites for hydroxylation is 1. The number of aliphatic imine (C=N–C) groups is 1. The van der Waals surface area contributed by atoms with Crippen molar-refractivity contribution in [2.24, 2.45) is 4.99 Å². The molecule has 1 aromatic carbocycles. The standard InChI is InChI=1S/C13H15N5/c1-9-2-4-10(5-3-9)11-12(17-8-16-11)18-13-14-6-7-15-13/h2-5,8H,6-7H2,1H3,(H,16,17)(H2,14,15,18). The molecule has 1 aromatic heterocycles. The topological polar surface area (TPSA) is 65.1 Å². The van der Waals surface area contributed by atoms with Gasteiger partial charge in [-0.1, -0.05) is 29.8 Å². The highest BCUT2D eigenvalue weighted by atomic mass is 15.2. The van der Waals surface area contributed by atoms with E-state index in [2.05, 4.69) is 56.8 Å². The van der Waals surface area contributed by atoms with Crippen molar-refractivity contribution in [1.82, 2.24) is 15.3 Å². The molecule has 92 valence electrons. The summed E-state index contributed by atoms with van der Waals surface area (Å²) in [5.41, 5.74) is 3.24. The maximum atomic E-state index is 4.36. The van der Waals surface area contributed by atoms with Gasteiger partial charge in [0.15, 0.2) is 5.96 Å². The zero-order chi connectivity index (χ0) is 12.4. The number of imidazole rings is 1. The van der Waals surface area contributed by atoms with Crippen LogP contribution in [-0.2, 0) is 0 Å². The predicted molar refractivity (Wildman–Crippen MR) is 72.7 cm³/mol. The molecule has 1 aliphatic rings. The van der Waals surface area contributed by atoms with Gasteiger partial charge in [0, 0.05) is 12.1 Å². The molecule has 0 radical (unpaired) electrons. The summed E-state index contributed by atoms with van der Waals surface area (Å²) in [7, 11) is 0. The Hall–Kier alpha value is -2.30. The van der Waals surface area contributed by atoms with Crippen LogP contribution >= 0.6 is 0 Å². The Bertz CT molecular complexity index is 567. The molecule has 2 heterocycles. The van der Waals surface area contributed by atoms with Crippen LogP contribution in [0.3, 0.4) is 0 Å². The second-order valence-corrected chi connectivity index (χ2v) is 4.27. The average Bonchev–Trinajstić information content (AvgIpc) is 3.02. The zero-order valence-corrected chi connectivity index (χ0v) is 10.2. The predicted octanol–water partition coefficient (Wildman–Crippen LogP) is 1.76. The van der Waals surface area contributed by atoms with Crippen molar-refractivity contribution in [1.29, 1.82) is 0 Å². The van der Waals surface area contributed by atoms with Crippen LogP contribution in [0.4, 0.5) is 5.82 Å². The lowest BCUT2D eigenvalue weighted by atomic mass is 10.1. The van der Waals surface area contributed by atoms with Crippen LogP contribution in [-0.4, -0.2) is 29.0 Å². The van der Waals surface area contributed by atoms with E-state index in [1.54, 1.807) is 6.33 Å². The van der Waals surface area contributed by atoms with E-state index in [1.165, 1.54) is 5.56 Å². The third-order valence-electron chi connectivity index (χ3n) is 2.88. The Morgan fingerprint density at radius 3 is 2.78 bits per heavy atom. The lowest BCUT2D eigenvalue weighted by molar-refractivity contribution is 0.959. The number of guanidine groups is 1. The number of aromatic nitrogens is 2. The minimum absolute atomic E-state index is 0.799. The first kappa shape index (κ1) is 10.8. The highest BCUT2D eigenvalue weighted by Gasteiger charge is 2.11. The van der Waals surface area contributed by atoms with Crippen LogP contribution < -0.4 is 10.6 Å². The van der Waals surface area contributed by atoms with Crippen LogP contribution in [0.15, 0.2) is 35.6 Å². The van der Waals surface area contributed by atoms with Gasteiger partial charge in [-0.15, -0.1) is 0 Å². The van der Waals surface area contributed by atoms with E-state index in [4.69, 9.17) is 0 Å². The number of rotatable bonds is 2. The van der Waals surface area contributed by atoms with Crippen molar-refractivity contribution in [2.45, 2.75) is 6.92 Å². The van der Waals surface area contributed by atoms with Gasteiger partial charge in [-0.2, -0.15) is 0 Å². The Morgan fingerprint density at radius 2 is 2.06 bits per heavy atom. The number of hydrogen-bond donors (Lipinski definition) is 3. The highest BCUT2D eigenvalue weighted by molar-refractivity contribution is 5.96. The van der Waals surface area contributed by atoms with Crippen LogP contribution in [0.2, 0.25) is 0 Å². The molecule has 0 aliphatic carbocycles. The number of nitrogens with one attached hydrogen (secondary N) is 3. The van der Waals surface area contributed by atoms with Crippen LogP contribution in [0.1, 0.15) is 5.56 Å². The highest BCUT2D eigenvalue weighted by Crippen LogP contribution is 2.24. The van der Waals surface area contributed by atoms with Gasteiger partial charge < -0.3 is 15.6 Å². The Kier molecular flexibility index (Phi) is 2.72. The Morgan fingerprint density at radius 1 is 1.22 bits per heavy atom. The molecule has 5 heteroatoms. The molecular formula is C13H15N5. The molecule has 0 fully saturated rings. The lowest BCUT2D eigenvalue weighted by Gasteiger charge is -2.07. The number of benzene rings is 1. The third-order valence-corrected chi connectivity index (χ3v) is 2.88. The molecule has 0 saturated carbocycles. The maximum absolute atomic E-state index is 4.36. The zero-order valence-electron chi connectivity index (χ0n) is 10.2. The Labute approximate surface area is 105 Å². The molecule has 1 aliphatic heterocycles. The molecule has 3 rings (SSSR count). The van der Waals surface area contributed by atoms with Crippen molar-refractivity contribution in [3.63, 3.8) is 0 Å². The van der Waals surface area contributed by atoms with Gasteiger partial charge in [-0.25, -0.2) is 4.98 Å². The van der Waals surface area contributed by atoms with Gasteiger partial charge in [0.25, 0.3) is 0 Å². The SMILES string of the molecule is Cc1ccc(-c2nc[nH]c2NC2=NCCN2)cc1. The fourth-order valence-electron chi connectivity index (χ4n) is 1.92. The van der Waals surface area contributed by atoms with E-state index in [0.717, 1.165) is 36.1 Å². The summed E-state index contributed by atoms with van der Waals surface area (Å²) in [6.45, 7) is 3.78. The summed E-state index contributed by atoms with van der Waals surface area (Å²) >= 11 is 0. The van der Waals surface area contributed by atoms with Crippen molar-refractivity contribution in [2.75, 3.05) is 18.4 Å². The summed E-state index contributed by atoms with van der Waals surface area (Å²) < 4.78 is 0. The monoisotopic (exact) mass is 241 g/mol. The lowest BCUT2D eigenvalue weighted by Crippen LogP contribution is -2.26. The van der Waals surface area contributed by atoms with Gasteiger partial charge in [0.05, 0.1) is 12.9 Å². The number of anilines is 1. The van der Waals surface area contributed by atoms with Crippen LogP contribution in [0, 0.1) is 6.92 Å². The molecular weight excluding hydrogens is 226 g/mol. The molecule has 5 nitrogen and oxygen atoms in total. The van der Waals surface area contributed by atoms with Crippen molar-refractivity contribution in [3.8, 4) is 11.3 Å². The van der Waals surface area contributed by atoms with E-state index < -0.39 is 0 Å². The number of nitrogens with zero attached hydrogens (tertiary/aromatic N) is 2. The number of hydrogen-bond acceptors (Lipinski definition) is 4. The van der Waals surface area contributed by atoms with Gasteiger partial charge >= 0.3 is 0 Å². The fourth-order valence-corrected chi connectivity index (χ4v) is 1.92. The van der Waals surface area contributed by atoms with Gasteiger partial charge in [0.2, 0.25) is 0 Å². The van der Waals surface area contributed by atoms with E-state index >= 15 is 0 Å². The summed E-state index contributed by atoms with van der Waals surface area (Å²) in [6, 6.07) is 8.30.